The number of carbonyl (C=O) groups excluding carboxylic acids is 1. The molecule has 0 amide bonds. The molecule has 1 N–H and O–H groups in total. The first kappa shape index (κ1) is 9.85. The minimum absolute atomic E-state index is 0.218. The van der Waals surface area contributed by atoms with Crippen molar-refractivity contribution in [2.45, 2.75) is 6.43 Å². The van der Waals surface area contributed by atoms with Crippen LogP contribution in [0.5, 0.6) is 0 Å². The second-order valence-electron chi connectivity index (χ2n) is 2.24. The van der Waals surface area contributed by atoms with Crippen molar-refractivity contribution < 1.29 is 13.6 Å². The molecule has 0 aliphatic rings. The van der Waals surface area contributed by atoms with E-state index in [4.69, 9.17) is 11.6 Å². The summed E-state index contributed by atoms with van der Waals surface area (Å²) in [6, 6.07) is 0.849. The van der Waals surface area contributed by atoms with Crippen molar-refractivity contribution in [3.05, 3.63) is 32.7 Å². The van der Waals surface area contributed by atoms with E-state index in [1.165, 1.54) is 0 Å². The van der Waals surface area contributed by atoms with Crippen molar-refractivity contribution in [3.8, 4) is 0 Å². The lowest BCUT2D eigenvalue weighted by molar-refractivity contribution is 0.111. The molecule has 0 fully saturated rings. The van der Waals surface area contributed by atoms with E-state index in [0.717, 1.165) is 6.07 Å². The van der Waals surface area contributed by atoms with Gasteiger partial charge in [0, 0.05) is 5.56 Å². The van der Waals surface area contributed by atoms with Crippen LogP contribution in [0.1, 0.15) is 22.5 Å². The number of alkyl halides is 2. The van der Waals surface area contributed by atoms with Gasteiger partial charge in [-0.05, 0) is 6.07 Å². The summed E-state index contributed by atoms with van der Waals surface area (Å²) in [5, 5.41) is -0.583. The Morgan fingerprint density at radius 3 is 2.62 bits per heavy atom. The molecule has 3 nitrogen and oxygen atoms in total. The number of hydrogen-bond acceptors (Lipinski definition) is 2. The molecule has 0 saturated heterocycles. The van der Waals surface area contributed by atoms with Gasteiger partial charge in [-0.15, -0.1) is 0 Å². The van der Waals surface area contributed by atoms with E-state index < -0.39 is 22.6 Å². The van der Waals surface area contributed by atoms with Gasteiger partial charge >= 0.3 is 0 Å². The van der Waals surface area contributed by atoms with E-state index in [2.05, 4.69) is 0 Å². The van der Waals surface area contributed by atoms with Gasteiger partial charge in [0.25, 0.3) is 12.0 Å². The number of pyridine rings is 1. The van der Waals surface area contributed by atoms with Gasteiger partial charge in [-0.25, -0.2) is 8.78 Å². The molecule has 13 heavy (non-hydrogen) atoms. The Hall–Kier alpha value is -1.23. The lowest BCUT2D eigenvalue weighted by atomic mass is 10.2. The number of aldehydes is 1. The average molecular weight is 208 g/mol. The summed E-state index contributed by atoms with van der Waals surface area (Å²) in [5.74, 6) is 0. The summed E-state index contributed by atoms with van der Waals surface area (Å²) in [7, 11) is 0. The summed E-state index contributed by atoms with van der Waals surface area (Å²) < 4.78 is 24.3. The average Bonchev–Trinajstić information content (AvgIpc) is 2.09. The van der Waals surface area contributed by atoms with E-state index in [0.29, 0.717) is 0 Å². The first-order chi connectivity index (χ1) is 6.06. The van der Waals surface area contributed by atoms with Gasteiger partial charge in [0.2, 0.25) is 0 Å². The van der Waals surface area contributed by atoms with Crippen molar-refractivity contribution >= 4 is 17.9 Å². The normalized spacial score (nSPS) is 10.5. The van der Waals surface area contributed by atoms with Crippen molar-refractivity contribution in [2.24, 2.45) is 0 Å². The van der Waals surface area contributed by atoms with Crippen LogP contribution >= 0.6 is 11.6 Å². The molecule has 6 heteroatoms. The Morgan fingerprint density at radius 1 is 1.54 bits per heavy atom. The summed E-state index contributed by atoms with van der Waals surface area (Å²) in [6.45, 7) is 0. The third-order valence-electron chi connectivity index (χ3n) is 1.38. The number of H-pyrrole nitrogens is 1. The molecule has 0 aromatic carbocycles. The van der Waals surface area contributed by atoms with Crippen LogP contribution in [-0.4, -0.2) is 11.3 Å². The lowest BCUT2D eigenvalue weighted by Crippen LogP contribution is -2.12. The molecule has 0 bridgehead atoms. The molecule has 0 aliphatic heterocycles. The van der Waals surface area contributed by atoms with Gasteiger partial charge in [0.15, 0.2) is 6.29 Å². The molecule has 0 saturated carbocycles. The molecule has 1 rings (SSSR count). The summed E-state index contributed by atoms with van der Waals surface area (Å²) in [5.41, 5.74) is -1.74. The van der Waals surface area contributed by atoms with Gasteiger partial charge < -0.3 is 4.98 Å². The van der Waals surface area contributed by atoms with Crippen LogP contribution in [0.4, 0.5) is 8.78 Å². The topological polar surface area (TPSA) is 49.9 Å². The van der Waals surface area contributed by atoms with Crippen molar-refractivity contribution in [2.75, 3.05) is 0 Å². The highest BCUT2D eigenvalue weighted by Gasteiger charge is 2.15. The predicted molar refractivity (Wildman–Crippen MR) is 42.4 cm³/mol. The zero-order valence-corrected chi connectivity index (χ0v) is 6.94. The number of nitrogens with one attached hydrogen (secondary N) is 1. The van der Waals surface area contributed by atoms with Gasteiger partial charge in [-0.2, -0.15) is 0 Å². The molecule has 0 aliphatic carbocycles. The Balaban J connectivity index is 3.41. The highest BCUT2D eigenvalue weighted by atomic mass is 35.5. The fourth-order valence-electron chi connectivity index (χ4n) is 0.806. The largest absolute Gasteiger partial charge is 0.318 e. The standard InChI is InChI=1S/C7H4ClF2NO2/c8-5-4(6(9)10)1-3(2-12)11-7(5)13/h1-2,6H,(H,11,13). The number of rotatable bonds is 2. The van der Waals surface area contributed by atoms with Gasteiger partial charge in [0.05, 0.1) is 5.69 Å². The SMILES string of the molecule is O=Cc1cc(C(F)F)c(Cl)c(=O)[nH]1. The molecule has 0 spiro atoms. The molecule has 1 heterocycles. The van der Waals surface area contributed by atoms with Crippen LogP contribution in [0.3, 0.4) is 0 Å². The maximum absolute atomic E-state index is 12.2. The minimum atomic E-state index is -2.87. The quantitative estimate of drug-likeness (QED) is 0.752. The van der Waals surface area contributed by atoms with Gasteiger partial charge in [0.1, 0.15) is 5.02 Å². The maximum atomic E-state index is 12.2. The van der Waals surface area contributed by atoms with Crippen LogP contribution in [0, 0.1) is 0 Å². The predicted octanol–water partition coefficient (Wildman–Crippen LogP) is 1.78. The van der Waals surface area contributed by atoms with E-state index in [1.807, 2.05) is 4.98 Å². The van der Waals surface area contributed by atoms with E-state index in [9.17, 15) is 18.4 Å². The van der Waals surface area contributed by atoms with Crippen LogP contribution in [0.2, 0.25) is 5.02 Å². The lowest BCUT2D eigenvalue weighted by Gasteiger charge is -2.01. The van der Waals surface area contributed by atoms with E-state index in [-0.39, 0.29) is 12.0 Å². The molecule has 0 atom stereocenters. The molecule has 0 radical (unpaired) electrons. The summed E-state index contributed by atoms with van der Waals surface area (Å²) >= 11 is 5.28. The van der Waals surface area contributed by atoms with Crippen molar-refractivity contribution in [3.63, 3.8) is 0 Å². The summed E-state index contributed by atoms with van der Waals surface area (Å²) in [6.07, 6.45) is -2.60. The Labute approximate surface area is 76.3 Å². The van der Waals surface area contributed by atoms with Crippen molar-refractivity contribution in [1.29, 1.82) is 0 Å². The first-order valence-electron chi connectivity index (χ1n) is 3.22. The van der Waals surface area contributed by atoms with Crippen LogP contribution in [0.25, 0.3) is 0 Å². The molecular weight excluding hydrogens is 204 g/mol. The zero-order chi connectivity index (χ0) is 10.0. The number of aromatic amines is 1. The number of halogens is 3. The van der Waals surface area contributed by atoms with E-state index >= 15 is 0 Å². The van der Waals surface area contributed by atoms with Crippen LogP contribution < -0.4 is 5.56 Å². The Morgan fingerprint density at radius 2 is 2.15 bits per heavy atom. The molecule has 0 unspecified atom stereocenters. The van der Waals surface area contributed by atoms with Crippen LogP contribution in [0.15, 0.2) is 10.9 Å². The molecular formula is C7H4ClF2NO2. The Kier molecular flexibility index (Phi) is 2.77. The number of hydrogen-bond donors (Lipinski definition) is 1. The second kappa shape index (κ2) is 3.66. The number of aromatic nitrogens is 1. The highest BCUT2D eigenvalue weighted by Crippen LogP contribution is 2.23. The van der Waals surface area contributed by atoms with Crippen LogP contribution in [-0.2, 0) is 0 Å². The minimum Gasteiger partial charge on any atom is -0.318 e. The molecule has 1 aromatic heterocycles. The fourth-order valence-corrected chi connectivity index (χ4v) is 0.991. The van der Waals surface area contributed by atoms with E-state index in [1.54, 1.807) is 0 Å². The van der Waals surface area contributed by atoms with Gasteiger partial charge in [-0.3, -0.25) is 9.59 Å². The monoisotopic (exact) mass is 207 g/mol. The summed E-state index contributed by atoms with van der Waals surface area (Å²) in [4.78, 5) is 23.1. The zero-order valence-electron chi connectivity index (χ0n) is 6.18. The maximum Gasteiger partial charge on any atom is 0.267 e. The highest BCUT2D eigenvalue weighted by molar-refractivity contribution is 6.31. The third-order valence-corrected chi connectivity index (χ3v) is 1.77. The smallest absolute Gasteiger partial charge is 0.267 e. The number of carbonyl (C=O) groups is 1. The van der Waals surface area contributed by atoms with Crippen molar-refractivity contribution in [1.82, 2.24) is 4.98 Å². The van der Waals surface area contributed by atoms with Gasteiger partial charge in [-0.1, -0.05) is 11.6 Å². The third kappa shape index (κ3) is 1.92. The molecule has 70 valence electrons. The Bertz CT molecular complexity index is 389. The fraction of sp³-hybridized carbons (Fsp3) is 0.143. The first-order valence-corrected chi connectivity index (χ1v) is 3.60. The molecule has 1 aromatic rings. The second-order valence-corrected chi connectivity index (χ2v) is 2.62.